The molecule has 0 fully saturated rings. The zero-order chi connectivity index (χ0) is 14.3. The lowest BCUT2D eigenvalue weighted by Gasteiger charge is -2.21. The lowest BCUT2D eigenvalue weighted by Crippen LogP contribution is -2.29. The van der Waals surface area contributed by atoms with Gasteiger partial charge in [-0.2, -0.15) is 0 Å². The molecule has 0 radical (unpaired) electrons. The van der Waals surface area contributed by atoms with E-state index in [1.807, 2.05) is 25.9 Å². The maximum absolute atomic E-state index is 10.7. The van der Waals surface area contributed by atoms with Gasteiger partial charge in [0, 0.05) is 13.1 Å². The summed E-state index contributed by atoms with van der Waals surface area (Å²) in [5.74, 6) is -0.780. The van der Waals surface area contributed by atoms with Gasteiger partial charge in [-0.05, 0) is 33.5 Å². The Balaban J connectivity index is 2.59. The van der Waals surface area contributed by atoms with Crippen LogP contribution in [0.5, 0.6) is 0 Å². The molecule has 6 nitrogen and oxygen atoms in total. The van der Waals surface area contributed by atoms with Crippen molar-refractivity contribution in [3.8, 4) is 0 Å². The summed E-state index contributed by atoms with van der Waals surface area (Å²) in [7, 11) is 4.06. The third-order valence-corrected chi connectivity index (χ3v) is 3.79. The molecule has 108 valence electrons. The molecule has 0 amide bonds. The average Bonchev–Trinajstić information content (AvgIpc) is 2.81. The highest BCUT2D eigenvalue weighted by Gasteiger charge is 2.13. The van der Waals surface area contributed by atoms with Gasteiger partial charge >= 0.3 is 5.97 Å². The smallest absolute Gasteiger partial charge is 0.305 e. The quantitative estimate of drug-likeness (QED) is 0.738. The van der Waals surface area contributed by atoms with Crippen molar-refractivity contribution in [1.82, 2.24) is 15.1 Å². The van der Waals surface area contributed by atoms with Crippen LogP contribution in [0, 0.1) is 0 Å². The largest absolute Gasteiger partial charge is 0.481 e. The minimum absolute atomic E-state index is 0.128. The topological polar surface area (TPSA) is 69.6 Å². The van der Waals surface area contributed by atoms with Crippen LogP contribution in [0.15, 0.2) is 0 Å². The SMILES string of the molecule is CCc1nnc(N(CCCN(C)C)CCC(=O)O)s1. The van der Waals surface area contributed by atoms with Crippen LogP contribution in [-0.4, -0.2) is 59.9 Å². The van der Waals surface area contributed by atoms with Gasteiger partial charge < -0.3 is 14.9 Å². The van der Waals surface area contributed by atoms with Gasteiger partial charge in [-0.3, -0.25) is 4.79 Å². The van der Waals surface area contributed by atoms with Crippen molar-refractivity contribution in [1.29, 1.82) is 0 Å². The molecule has 7 heteroatoms. The third-order valence-electron chi connectivity index (χ3n) is 2.66. The molecule has 0 aliphatic heterocycles. The molecule has 0 saturated heterocycles. The van der Waals surface area contributed by atoms with Crippen molar-refractivity contribution in [2.45, 2.75) is 26.2 Å². The molecule has 0 spiro atoms. The normalized spacial score (nSPS) is 10.9. The van der Waals surface area contributed by atoms with E-state index in [2.05, 4.69) is 15.1 Å². The van der Waals surface area contributed by atoms with Crippen LogP contribution in [0.1, 0.15) is 24.8 Å². The maximum atomic E-state index is 10.7. The zero-order valence-corrected chi connectivity index (χ0v) is 12.6. The van der Waals surface area contributed by atoms with Crippen molar-refractivity contribution < 1.29 is 9.90 Å². The summed E-state index contributed by atoms with van der Waals surface area (Å²) in [6.45, 7) is 4.31. The van der Waals surface area contributed by atoms with Crippen LogP contribution < -0.4 is 4.90 Å². The highest BCUT2D eigenvalue weighted by Crippen LogP contribution is 2.21. The molecule has 0 unspecified atom stereocenters. The van der Waals surface area contributed by atoms with Gasteiger partial charge in [0.05, 0.1) is 6.42 Å². The van der Waals surface area contributed by atoms with E-state index < -0.39 is 5.97 Å². The number of carboxylic acids is 1. The first kappa shape index (κ1) is 15.8. The lowest BCUT2D eigenvalue weighted by molar-refractivity contribution is -0.136. The fourth-order valence-electron chi connectivity index (χ4n) is 1.63. The molecular formula is C12H22N4O2S. The van der Waals surface area contributed by atoms with Gasteiger partial charge in [-0.1, -0.05) is 18.3 Å². The number of aliphatic carboxylic acids is 1. The van der Waals surface area contributed by atoms with E-state index in [9.17, 15) is 4.79 Å². The highest BCUT2D eigenvalue weighted by molar-refractivity contribution is 7.15. The lowest BCUT2D eigenvalue weighted by atomic mass is 10.3. The van der Waals surface area contributed by atoms with Gasteiger partial charge in [0.1, 0.15) is 5.01 Å². The molecule has 1 heterocycles. The Morgan fingerprint density at radius 3 is 2.53 bits per heavy atom. The fraction of sp³-hybridized carbons (Fsp3) is 0.750. The molecule has 1 aromatic heterocycles. The van der Waals surface area contributed by atoms with Crippen molar-refractivity contribution >= 4 is 22.4 Å². The molecule has 0 atom stereocenters. The van der Waals surface area contributed by atoms with E-state index in [0.717, 1.165) is 36.1 Å². The first-order chi connectivity index (χ1) is 9.02. The molecule has 19 heavy (non-hydrogen) atoms. The first-order valence-corrected chi connectivity index (χ1v) is 7.28. The Bertz CT molecular complexity index is 395. The zero-order valence-electron chi connectivity index (χ0n) is 11.8. The Morgan fingerprint density at radius 2 is 2.00 bits per heavy atom. The van der Waals surface area contributed by atoms with E-state index >= 15 is 0 Å². The standard InChI is InChI=1S/C12H22N4O2S/c1-4-10-13-14-12(19-10)16(9-6-11(17)18)8-5-7-15(2)3/h4-9H2,1-3H3,(H,17,18). The highest BCUT2D eigenvalue weighted by atomic mass is 32.1. The Hall–Kier alpha value is -1.21. The maximum Gasteiger partial charge on any atom is 0.305 e. The van der Waals surface area contributed by atoms with Crippen LogP contribution >= 0.6 is 11.3 Å². The number of anilines is 1. The molecule has 0 aliphatic carbocycles. The first-order valence-electron chi connectivity index (χ1n) is 6.46. The van der Waals surface area contributed by atoms with Crippen LogP contribution in [-0.2, 0) is 11.2 Å². The molecule has 0 aliphatic rings. The molecule has 0 bridgehead atoms. The average molecular weight is 286 g/mol. The summed E-state index contributed by atoms with van der Waals surface area (Å²) in [5.41, 5.74) is 0. The summed E-state index contributed by atoms with van der Waals surface area (Å²) >= 11 is 1.55. The molecule has 1 rings (SSSR count). The number of carbonyl (C=O) groups is 1. The van der Waals surface area contributed by atoms with E-state index in [1.54, 1.807) is 11.3 Å². The van der Waals surface area contributed by atoms with Gasteiger partial charge in [0.25, 0.3) is 0 Å². The van der Waals surface area contributed by atoms with Gasteiger partial charge in [0.2, 0.25) is 5.13 Å². The minimum Gasteiger partial charge on any atom is -0.481 e. The van der Waals surface area contributed by atoms with Crippen LogP contribution in [0.3, 0.4) is 0 Å². The van der Waals surface area contributed by atoms with Gasteiger partial charge in [-0.15, -0.1) is 10.2 Å². The van der Waals surface area contributed by atoms with E-state index in [4.69, 9.17) is 5.11 Å². The molecular weight excluding hydrogens is 264 g/mol. The minimum atomic E-state index is -0.780. The summed E-state index contributed by atoms with van der Waals surface area (Å²) < 4.78 is 0. The Labute approximate surface area is 118 Å². The molecule has 0 aromatic carbocycles. The number of nitrogens with zero attached hydrogens (tertiary/aromatic N) is 4. The second kappa shape index (κ2) is 8.06. The van der Waals surface area contributed by atoms with E-state index in [1.165, 1.54) is 0 Å². The number of aromatic nitrogens is 2. The van der Waals surface area contributed by atoms with Crippen molar-refractivity contribution in [2.24, 2.45) is 0 Å². The van der Waals surface area contributed by atoms with Crippen LogP contribution in [0.4, 0.5) is 5.13 Å². The monoisotopic (exact) mass is 286 g/mol. The Morgan fingerprint density at radius 1 is 1.26 bits per heavy atom. The number of aryl methyl sites for hydroxylation is 1. The van der Waals surface area contributed by atoms with Crippen LogP contribution in [0.2, 0.25) is 0 Å². The van der Waals surface area contributed by atoms with Crippen molar-refractivity contribution in [2.75, 3.05) is 38.6 Å². The third kappa shape index (κ3) is 5.98. The van der Waals surface area contributed by atoms with E-state index in [0.29, 0.717) is 6.54 Å². The summed E-state index contributed by atoms with van der Waals surface area (Å²) in [6.07, 6.45) is 1.97. The van der Waals surface area contributed by atoms with E-state index in [-0.39, 0.29) is 6.42 Å². The number of rotatable bonds is 9. The summed E-state index contributed by atoms with van der Waals surface area (Å²) in [4.78, 5) is 14.9. The molecule has 0 saturated carbocycles. The predicted molar refractivity (Wildman–Crippen MR) is 76.9 cm³/mol. The second-order valence-electron chi connectivity index (χ2n) is 4.62. The summed E-state index contributed by atoms with van der Waals surface area (Å²) in [6, 6.07) is 0. The number of carboxylic acid groups (broad SMARTS) is 1. The molecule has 1 aromatic rings. The number of hydrogen-bond donors (Lipinski definition) is 1. The second-order valence-corrected chi connectivity index (χ2v) is 5.66. The van der Waals surface area contributed by atoms with Gasteiger partial charge in [0.15, 0.2) is 0 Å². The van der Waals surface area contributed by atoms with Crippen molar-refractivity contribution in [3.05, 3.63) is 5.01 Å². The Kier molecular flexibility index (Phi) is 6.72. The predicted octanol–water partition coefficient (Wildman–Crippen LogP) is 1.33. The van der Waals surface area contributed by atoms with Crippen LogP contribution in [0.25, 0.3) is 0 Å². The fourth-order valence-corrected chi connectivity index (χ4v) is 2.46. The number of hydrogen-bond acceptors (Lipinski definition) is 6. The summed E-state index contributed by atoms with van der Waals surface area (Å²) in [5, 5.41) is 18.9. The molecule has 1 N–H and O–H groups in total. The van der Waals surface area contributed by atoms with Gasteiger partial charge in [-0.25, -0.2) is 0 Å². The van der Waals surface area contributed by atoms with Crippen molar-refractivity contribution in [3.63, 3.8) is 0 Å².